The zero-order valence-corrected chi connectivity index (χ0v) is 8.92. The van der Waals surface area contributed by atoms with Crippen molar-refractivity contribution in [1.82, 2.24) is 5.32 Å². The highest BCUT2D eigenvalue weighted by molar-refractivity contribution is 5.67. The number of carbonyl (C=O) groups excluding carboxylic acids is 1. The molecular weight excluding hydrogens is 180 g/mol. The molecule has 83 valence electrons. The van der Waals surface area contributed by atoms with E-state index in [0.29, 0.717) is 13.2 Å². The normalized spacial score (nSPS) is 9.86. The van der Waals surface area contributed by atoms with Crippen molar-refractivity contribution in [3.05, 3.63) is 6.54 Å². The van der Waals surface area contributed by atoms with Crippen LogP contribution in [0.4, 0.5) is 4.79 Å². The summed E-state index contributed by atoms with van der Waals surface area (Å²) >= 11 is 0. The lowest BCUT2D eigenvalue weighted by molar-refractivity contribution is 0.146. The number of unbranched alkanes of at least 4 members (excludes halogenated alkanes) is 3. The topological polar surface area (TPSA) is 64.3 Å². The number of nitrogens with one attached hydrogen (secondary N) is 1. The maximum Gasteiger partial charge on any atom is 0.407 e. The van der Waals surface area contributed by atoms with Crippen molar-refractivity contribution in [2.45, 2.75) is 39.0 Å². The summed E-state index contributed by atoms with van der Waals surface area (Å²) in [4.78, 5) is 11.0. The first-order chi connectivity index (χ1) is 6.81. The molecule has 0 saturated heterocycles. The molecule has 0 aromatic carbocycles. The summed E-state index contributed by atoms with van der Waals surface area (Å²) in [5, 5.41) is 2.57. The maximum absolute atomic E-state index is 11.0. The summed E-state index contributed by atoms with van der Waals surface area (Å²) < 4.78 is 4.88. The molecule has 0 aliphatic heterocycles. The second-order valence-electron chi connectivity index (χ2n) is 3.12. The van der Waals surface area contributed by atoms with Gasteiger partial charge in [0.05, 0.1) is 13.2 Å². The minimum atomic E-state index is -0.355. The Bertz CT molecular complexity index is 140. The first-order valence-corrected chi connectivity index (χ1v) is 5.26. The molecule has 14 heavy (non-hydrogen) atoms. The molecule has 0 rings (SSSR count). The smallest absolute Gasteiger partial charge is 0.407 e. The van der Waals surface area contributed by atoms with Crippen LogP contribution in [0.1, 0.15) is 39.0 Å². The fourth-order valence-electron chi connectivity index (χ4n) is 0.897. The van der Waals surface area contributed by atoms with Gasteiger partial charge in [-0.05, 0) is 25.8 Å². The molecule has 0 spiro atoms. The van der Waals surface area contributed by atoms with E-state index in [1.54, 1.807) is 6.54 Å². The molecule has 4 heteroatoms. The van der Waals surface area contributed by atoms with Gasteiger partial charge in [0.2, 0.25) is 0 Å². The van der Waals surface area contributed by atoms with E-state index >= 15 is 0 Å². The van der Waals surface area contributed by atoms with Crippen LogP contribution >= 0.6 is 0 Å². The third-order valence-electron chi connectivity index (χ3n) is 1.75. The van der Waals surface area contributed by atoms with Crippen molar-refractivity contribution in [2.75, 3.05) is 13.2 Å². The van der Waals surface area contributed by atoms with Gasteiger partial charge in [-0.3, -0.25) is 0 Å². The Morgan fingerprint density at radius 2 is 2.21 bits per heavy atom. The average Bonchev–Trinajstić information content (AvgIpc) is 2.18. The Labute approximate surface area is 86.2 Å². The van der Waals surface area contributed by atoms with E-state index in [1.165, 1.54) is 0 Å². The molecular formula is C10H21N2O2. The SMILES string of the molecule is CCCCOC(=O)N[CH]CCCCN. The van der Waals surface area contributed by atoms with Gasteiger partial charge in [-0.15, -0.1) is 0 Å². The second kappa shape index (κ2) is 10.3. The predicted octanol–water partition coefficient (Wildman–Crippen LogP) is 1.80. The minimum absolute atomic E-state index is 0.355. The zero-order chi connectivity index (χ0) is 10.6. The lowest BCUT2D eigenvalue weighted by atomic mass is 10.2. The molecule has 0 aromatic rings. The van der Waals surface area contributed by atoms with E-state index in [0.717, 1.165) is 32.1 Å². The van der Waals surface area contributed by atoms with E-state index < -0.39 is 0 Å². The quantitative estimate of drug-likeness (QED) is 0.588. The molecule has 4 nitrogen and oxygen atoms in total. The summed E-state index contributed by atoms with van der Waals surface area (Å²) in [5.41, 5.74) is 5.33. The highest BCUT2D eigenvalue weighted by Crippen LogP contribution is 1.95. The summed E-state index contributed by atoms with van der Waals surface area (Å²) in [6.45, 7) is 4.98. The lowest BCUT2D eigenvalue weighted by Gasteiger charge is -2.05. The predicted molar refractivity (Wildman–Crippen MR) is 56.6 cm³/mol. The Hall–Kier alpha value is -0.770. The number of alkyl carbamates (subject to hydrolysis) is 1. The van der Waals surface area contributed by atoms with Gasteiger partial charge in [-0.1, -0.05) is 19.8 Å². The van der Waals surface area contributed by atoms with Gasteiger partial charge in [0.25, 0.3) is 0 Å². The first kappa shape index (κ1) is 13.2. The lowest BCUT2D eigenvalue weighted by Crippen LogP contribution is -2.22. The maximum atomic E-state index is 11.0. The van der Waals surface area contributed by atoms with Crippen molar-refractivity contribution < 1.29 is 9.53 Å². The van der Waals surface area contributed by atoms with Crippen LogP contribution < -0.4 is 11.1 Å². The largest absolute Gasteiger partial charge is 0.450 e. The van der Waals surface area contributed by atoms with Crippen molar-refractivity contribution in [3.8, 4) is 0 Å². The van der Waals surface area contributed by atoms with Gasteiger partial charge >= 0.3 is 6.09 Å². The first-order valence-electron chi connectivity index (χ1n) is 5.26. The molecule has 0 aliphatic rings. The second-order valence-corrected chi connectivity index (χ2v) is 3.12. The monoisotopic (exact) mass is 201 g/mol. The fraction of sp³-hybridized carbons (Fsp3) is 0.800. The summed E-state index contributed by atoms with van der Waals surface area (Å²) in [7, 11) is 0. The van der Waals surface area contributed by atoms with Crippen LogP contribution in [0, 0.1) is 6.54 Å². The van der Waals surface area contributed by atoms with Crippen LogP contribution in [0.3, 0.4) is 0 Å². The Morgan fingerprint density at radius 1 is 1.43 bits per heavy atom. The van der Waals surface area contributed by atoms with Crippen LogP contribution in [-0.2, 0) is 4.74 Å². The third-order valence-corrected chi connectivity index (χ3v) is 1.75. The number of carbonyl (C=O) groups is 1. The standard InChI is InChI=1S/C10H21N2O2/c1-2-3-9-14-10(13)12-8-6-4-5-7-11/h8H,2-7,9,11H2,1H3,(H,12,13). The zero-order valence-electron chi connectivity index (χ0n) is 8.92. The molecule has 0 atom stereocenters. The van der Waals surface area contributed by atoms with Crippen LogP contribution in [-0.4, -0.2) is 19.2 Å². The van der Waals surface area contributed by atoms with Gasteiger partial charge in [0.1, 0.15) is 0 Å². The molecule has 0 bridgehead atoms. The van der Waals surface area contributed by atoms with E-state index in [2.05, 4.69) is 12.2 Å². The minimum Gasteiger partial charge on any atom is -0.450 e. The van der Waals surface area contributed by atoms with Crippen LogP contribution in [0.2, 0.25) is 0 Å². The number of nitrogens with two attached hydrogens (primary N) is 1. The molecule has 0 aromatic heterocycles. The molecule has 3 N–H and O–H groups in total. The van der Waals surface area contributed by atoms with Gasteiger partial charge in [0.15, 0.2) is 0 Å². The number of rotatable bonds is 8. The number of hydrogen-bond donors (Lipinski definition) is 2. The molecule has 0 saturated carbocycles. The van der Waals surface area contributed by atoms with Gasteiger partial charge in [-0.25, -0.2) is 4.79 Å². The van der Waals surface area contributed by atoms with Crippen molar-refractivity contribution >= 4 is 6.09 Å². The average molecular weight is 201 g/mol. The van der Waals surface area contributed by atoms with Crippen molar-refractivity contribution in [1.29, 1.82) is 0 Å². The number of ether oxygens (including phenoxy) is 1. The van der Waals surface area contributed by atoms with Crippen LogP contribution in [0.25, 0.3) is 0 Å². The van der Waals surface area contributed by atoms with Crippen LogP contribution in [0.15, 0.2) is 0 Å². The Morgan fingerprint density at radius 3 is 2.86 bits per heavy atom. The van der Waals surface area contributed by atoms with E-state index in [4.69, 9.17) is 10.5 Å². The number of amides is 1. The summed E-state index contributed by atoms with van der Waals surface area (Å²) in [6, 6.07) is 0. The van der Waals surface area contributed by atoms with E-state index in [-0.39, 0.29) is 6.09 Å². The fourth-order valence-corrected chi connectivity index (χ4v) is 0.897. The Kier molecular flexibility index (Phi) is 9.74. The Balaban J connectivity index is 3.10. The van der Waals surface area contributed by atoms with E-state index in [1.807, 2.05) is 0 Å². The van der Waals surface area contributed by atoms with Crippen molar-refractivity contribution in [2.24, 2.45) is 5.73 Å². The summed E-state index contributed by atoms with van der Waals surface area (Å²) in [5.74, 6) is 0. The molecule has 0 unspecified atom stereocenters. The number of hydrogen-bond acceptors (Lipinski definition) is 3. The van der Waals surface area contributed by atoms with E-state index in [9.17, 15) is 4.79 Å². The molecule has 0 heterocycles. The highest BCUT2D eigenvalue weighted by atomic mass is 16.5. The van der Waals surface area contributed by atoms with Gasteiger partial charge in [0, 0.05) is 0 Å². The van der Waals surface area contributed by atoms with Gasteiger partial charge in [-0.2, -0.15) is 0 Å². The van der Waals surface area contributed by atoms with Crippen molar-refractivity contribution in [3.63, 3.8) is 0 Å². The van der Waals surface area contributed by atoms with Crippen LogP contribution in [0.5, 0.6) is 0 Å². The molecule has 0 fully saturated rings. The molecule has 1 amide bonds. The van der Waals surface area contributed by atoms with Gasteiger partial charge < -0.3 is 15.8 Å². The summed E-state index contributed by atoms with van der Waals surface area (Å²) in [6.07, 6.45) is 4.44. The molecule has 1 radical (unpaired) electrons. The third kappa shape index (κ3) is 9.32. The highest BCUT2D eigenvalue weighted by Gasteiger charge is 1.99. The molecule has 0 aliphatic carbocycles.